The topological polar surface area (TPSA) is 12.0 Å². The zero-order valence-electron chi connectivity index (χ0n) is 8.38. The quantitative estimate of drug-likeness (QED) is 0.727. The Labute approximate surface area is 80.2 Å². The van der Waals surface area contributed by atoms with E-state index in [0.717, 1.165) is 0 Å². The highest BCUT2D eigenvalue weighted by atomic mass is 14.9. The summed E-state index contributed by atoms with van der Waals surface area (Å²) in [5.41, 5.74) is 1.81. The minimum Gasteiger partial charge on any atom is -0.382 e. The molecule has 0 atom stereocenters. The van der Waals surface area contributed by atoms with Gasteiger partial charge in [-0.1, -0.05) is 32.0 Å². The first-order valence-corrected chi connectivity index (χ1v) is 4.97. The molecule has 1 aliphatic rings. The highest BCUT2D eigenvalue weighted by Crippen LogP contribution is 2.41. The third kappa shape index (κ3) is 2.03. The van der Waals surface area contributed by atoms with Crippen LogP contribution in [0, 0.1) is 5.41 Å². The lowest BCUT2D eigenvalue weighted by molar-refractivity contribution is 0.167. The third-order valence-electron chi connectivity index (χ3n) is 2.74. The van der Waals surface area contributed by atoms with Crippen LogP contribution in [0.25, 0.3) is 0 Å². The van der Waals surface area contributed by atoms with Crippen molar-refractivity contribution in [2.75, 3.05) is 5.32 Å². The number of hydrogen-bond donors (Lipinski definition) is 1. The Morgan fingerprint density at radius 3 is 2.31 bits per heavy atom. The van der Waals surface area contributed by atoms with E-state index in [9.17, 15) is 0 Å². The van der Waals surface area contributed by atoms with Crippen LogP contribution in [0.4, 0.5) is 5.69 Å². The van der Waals surface area contributed by atoms with Gasteiger partial charge in [0.15, 0.2) is 0 Å². The normalized spacial score (nSPS) is 20.8. The fraction of sp³-hybridized carbons (Fsp3) is 0.500. The van der Waals surface area contributed by atoms with Crippen LogP contribution in [-0.4, -0.2) is 6.04 Å². The Morgan fingerprint density at radius 1 is 1.15 bits per heavy atom. The van der Waals surface area contributed by atoms with E-state index in [1.165, 1.54) is 18.5 Å². The molecule has 1 aromatic rings. The minimum absolute atomic E-state index is 0.562. The van der Waals surface area contributed by atoms with Crippen molar-refractivity contribution in [3.63, 3.8) is 0 Å². The van der Waals surface area contributed by atoms with E-state index in [0.29, 0.717) is 11.5 Å². The van der Waals surface area contributed by atoms with Crippen molar-refractivity contribution >= 4 is 5.69 Å². The van der Waals surface area contributed by atoms with Crippen molar-refractivity contribution in [1.82, 2.24) is 0 Å². The van der Waals surface area contributed by atoms with Gasteiger partial charge in [-0.2, -0.15) is 0 Å². The highest BCUT2D eigenvalue weighted by Gasteiger charge is 2.35. The summed E-state index contributed by atoms with van der Waals surface area (Å²) in [5.74, 6) is 0. The van der Waals surface area contributed by atoms with Gasteiger partial charge in [-0.3, -0.25) is 0 Å². The summed E-state index contributed by atoms with van der Waals surface area (Å²) >= 11 is 0. The molecule has 70 valence electrons. The van der Waals surface area contributed by atoms with Gasteiger partial charge >= 0.3 is 0 Å². The average molecular weight is 175 g/mol. The van der Waals surface area contributed by atoms with Crippen LogP contribution in [-0.2, 0) is 0 Å². The van der Waals surface area contributed by atoms with Gasteiger partial charge in [0.2, 0.25) is 0 Å². The summed E-state index contributed by atoms with van der Waals surface area (Å²) in [6.07, 6.45) is 2.59. The molecule has 0 aromatic heterocycles. The molecule has 1 saturated carbocycles. The fourth-order valence-electron chi connectivity index (χ4n) is 2.15. The molecule has 1 nitrogen and oxygen atoms in total. The van der Waals surface area contributed by atoms with Crippen molar-refractivity contribution in [3.05, 3.63) is 30.3 Å². The maximum Gasteiger partial charge on any atom is 0.0342 e. The van der Waals surface area contributed by atoms with Gasteiger partial charge in [0.25, 0.3) is 0 Å². The number of hydrogen-bond acceptors (Lipinski definition) is 1. The lowest BCUT2D eigenvalue weighted by Gasteiger charge is -2.43. The van der Waals surface area contributed by atoms with E-state index in [2.05, 4.69) is 49.5 Å². The summed E-state index contributed by atoms with van der Waals surface area (Å²) in [7, 11) is 0. The summed E-state index contributed by atoms with van der Waals surface area (Å²) in [5, 5.41) is 3.53. The first kappa shape index (κ1) is 8.61. The van der Waals surface area contributed by atoms with E-state index in [-0.39, 0.29) is 0 Å². The van der Waals surface area contributed by atoms with Crippen molar-refractivity contribution < 1.29 is 0 Å². The molecule has 13 heavy (non-hydrogen) atoms. The van der Waals surface area contributed by atoms with Gasteiger partial charge in [-0.05, 0) is 30.4 Å². The summed E-state index contributed by atoms with van der Waals surface area (Å²) in [4.78, 5) is 0. The zero-order chi connectivity index (χ0) is 9.31. The molecule has 2 rings (SSSR count). The average Bonchev–Trinajstić information content (AvgIpc) is 2.03. The molecule has 1 heteroatoms. The van der Waals surface area contributed by atoms with E-state index >= 15 is 0 Å². The molecule has 1 aliphatic carbocycles. The van der Waals surface area contributed by atoms with E-state index in [4.69, 9.17) is 0 Å². The fourth-order valence-corrected chi connectivity index (χ4v) is 2.15. The molecule has 0 unspecified atom stereocenters. The van der Waals surface area contributed by atoms with E-state index in [1.54, 1.807) is 0 Å². The van der Waals surface area contributed by atoms with Crippen molar-refractivity contribution in [1.29, 1.82) is 0 Å². The van der Waals surface area contributed by atoms with Crippen molar-refractivity contribution in [2.45, 2.75) is 32.7 Å². The molecule has 0 radical (unpaired) electrons. The van der Waals surface area contributed by atoms with Gasteiger partial charge in [-0.25, -0.2) is 0 Å². The van der Waals surface area contributed by atoms with Crippen LogP contribution in [0.2, 0.25) is 0 Å². The molecule has 1 aromatic carbocycles. The maximum absolute atomic E-state index is 3.53. The number of para-hydroxylation sites is 1. The minimum atomic E-state index is 0.562. The van der Waals surface area contributed by atoms with Crippen molar-refractivity contribution in [3.8, 4) is 0 Å². The van der Waals surface area contributed by atoms with Gasteiger partial charge in [0, 0.05) is 11.7 Å². The second-order valence-electron chi connectivity index (χ2n) is 4.78. The Morgan fingerprint density at radius 2 is 1.77 bits per heavy atom. The van der Waals surface area contributed by atoms with Crippen LogP contribution in [0.5, 0.6) is 0 Å². The summed E-state index contributed by atoms with van der Waals surface area (Å²) in [6, 6.07) is 11.2. The zero-order valence-corrected chi connectivity index (χ0v) is 8.38. The monoisotopic (exact) mass is 175 g/mol. The largest absolute Gasteiger partial charge is 0.382 e. The Bertz CT molecular complexity index is 268. The molecule has 0 bridgehead atoms. The van der Waals surface area contributed by atoms with Gasteiger partial charge in [0.05, 0.1) is 0 Å². The van der Waals surface area contributed by atoms with Gasteiger partial charge in [-0.15, -0.1) is 0 Å². The molecular weight excluding hydrogens is 158 g/mol. The molecule has 0 amide bonds. The van der Waals surface area contributed by atoms with Crippen LogP contribution in [0.15, 0.2) is 30.3 Å². The third-order valence-corrected chi connectivity index (χ3v) is 2.74. The van der Waals surface area contributed by atoms with Gasteiger partial charge in [0.1, 0.15) is 0 Å². The van der Waals surface area contributed by atoms with Crippen LogP contribution < -0.4 is 5.32 Å². The Kier molecular flexibility index (Phi) is 2.03. The first-order valence-electron chi connectivity index (χ1n) is 4.97. The highest BCUT2D eigenvalue weighted by molar-refractivity contribution is 5.44. The second kappa shape index (κ2) is 3.06. The number of anilines is 1. The number of rotatable bonds is 2. The Balaban J connectivity index is 1.88. The smallest absolute Gasteiger partial charge is 0.0342 e. The Hall–Kier alpha value is -0.980. The molecule has 0 spiro atoms. The molecule has 0 aliphatic heterocycles. The lowest BCUT2D eigenvalue weighted by atomic mass is 9.68. The maximum atomic E-state index is 3.53. The number of benzene rings is 1. The van der Waals surface area contributed by atoms with Crippen LogP contribution in [0.3, 0.4) is 0 Å². The molecular formula is C12H17N. The van der Waals surface area contributed by atoms with Crippen molar-refractivity contribution in [2.24, 2.45) is 5.41 Å². The van der Waals surface area contributed by atoms with Crippen LogP contribution in [0.1, 0.15) is 26.7 Å². The molecule has 1 N–H and O–H groups in total. The predicted octanol–water partition coefficient (Wildman–Crippen LogP) is 3.29. The van der Waals surface area contributed by atoms with Gasteiger partial charge < -0.3 is 5.32 Å². The first-order chi connectivity index (χ1) is 6.16. The molecule has 0 saturated heterocycles. The lowest BCUT2D eigenvalue weighted by Crippen LogP contribution is -2.41. The summed E-state index contributed by atoms with van der Waals surface area (Å²) in [6.45, 7) is 4.66. The SMILES string of the molecule is CC1(C)CC(Nc2ccccc2)C1. The predicted molar refractivity (Wildman–Crippen MR) is 56.9 cm³/mol. The number of nitrogens with one attached hydrogen (secondary N) is 1. The van der Waals surface area contributed by atoms with E-state index < -0.39 is 0 Å². The van der Waals surface area contributed by atoms with Crippen LogP contribution >= 0.6 is 0 Å². The second-order valence-corrected chi connectivity index (χ2v) is 4.78. The standard InChI is InChI=1S/C12H17N/c1-12(2)8-11(9-12)13-10-6-4-3-5-7-10/h3-7,11,13H,8-9H2,1-2H3. The molecule has 0 heterocycles. The van der Waals surface area contributed by atoms with E-state index in [1.807, 2.05) is 0 Å². The molecule has 1 fully saturated rings. The summed E-state index contributed by atoms with van der Waals surface area (Å²) < 4.78 is 0.